The number of hydrogen-bond acceptors (Lipinski definition) is 6. The molecule has 0 atom stereocenters. The number of piperazine rings is 1. The summed E-state index contributed by atoms with van der Waals surface area (Å²) in [6, 6.07) is 11.8. The first-order valence-electron chi connectivity index (χ1n) is 10.9. The quantitative estimate of drug-likeness (QED) is 0.716. The number of amides is 1. The van der Waals surface area contributed by atoms with Gasteiger partial charge in [0.1, 0.15) is 5.75 Å². The van der Waals surface area contributed by atoms with Crippen LogP contribution in [0.25, 0.3) is 0 Å². The lowest BCUT2D eigenvalue weighted by atomic mass is 10.1. The van der Waals surface area contributed by atoms with Gasteiger partial charge in [0.05, 0.1) is 17.6 Å². The van der Waals surface area contributed by atoms with Crippen LogP contribution in [0.4, 0.5) is 11.4 Å². The Bertz CT molecular complexity index is 1060. The van der Waals surface area contributed by atoms with Crippen LogP contribution in [0, 0.1) is 0 Å². The fraction of sp³-hybridized carbons (Fsp3) is 0.435. The van der Waals surface area contributed by atoms with E-state index in [9.17, 15) is 13.2 Å². The van der Waals surface area contributed by atoms with Gasteiger partial charge in [0.15, 0.2) is 0 Å². The van der Waals surface area contributed by atoms with Crippen LogP contribution in [-0.4, -0.2) is 77.6 Å². The molecule has 2 aliphatic rings. The van der Waals surface area contributed by atoms with Crippen molar-refractivity contribution in [3.05, 3.63) is 48.0 Å². The van der Waals surface area contributed by atoms with E-state index in [1.54, 1.807) is 17.0 Å². The number of likely N-dealkylation sites (N-methyl/N-ethyl adjacent to an activating group) is 1. The topological polar surface area (TPSA) is 82.2 Å². The first-order chi connectivity index (χ1) is 15.4. The second-order valence-corrected chi connectivity index (χ2v) is 9.99. The van der Waals surface area contributed by atoms with Crippen LogP contribution in [0.3, 0.4) is 0 Å². The highest BCUT2D eigenvalue weighted by Gasteiger charge is 2.25. The van der Waals surface area contributed by atoms with Gasteiger partial charge in [-0.05, 0) is 62.4 Å². The van der Waals surface area contributed by atoms with Gasteiger partial charge >= 0.3 is 0 Å². The molecule has 0 aliphatic carbocycles. The van der Waals surface area contributed by atoms with Gasteiger partial charge in [0.2, 0.25) is 0 Å². The smallest absolute Gasteiger partial charge is 0.261 e. The zero-order valence-corrected chi connectivity index (χ0v) is 19.4. The van der Waals surface area contributed by atoms with Crippen LogP contribution in [-0.2, 0) is 10.0 Å². The molecule has 1 N–H and O–H groups in total. The summed E-state index contributed by atoms with van der Waals surface area (Å²) < 4.78 is 34.0. The Labute approximate surface area is 189 Å². The predicted octanol–water partition coefficient (Wildman–Crippen LogP) is 2.48. The zero-order chi connectivity index (χ0) is 22.7. The van der Waals surface area contributed by atoms with Gasteiger partial charge in [0, 0.05) is 50.6 Å². The zero-order valence-electron chi connectivity index (χ0n) is 18.6. The number of rotatable bonds is 6. The molecule has 32 heavy (non-hydrogen) atoms. The summed E-state index contributed by atoms with van der Waals surface area (Å²) >= 11 is 0. The highest BCUT2D eigenvalue weighted by Crippen LogP contribution is 2.27. The van der Waals surface area contributed by atoms with Crippen molar-refractivity contribution in [2.75, 3.05) is 63.0 Å². The Morgan fingerprint density at radius 2 is 1.59 bits per heavy atom. The van der Waals surface area contributed by atoms with Crippen LogP contribution in [0.5, 0.6) is 5.75 Å². The Morgan fingerprint density at radius 3 is 2.22 bits per heavy atom. The minimum Gasteiger partial charge on any atom is -0.496 e. The number of carbonyl (C=O) groups is 1. The van der Waals surface area contributed by atoms with Crippen LogP contribution in [0.1, 0.15) is 23.2 Å². The number of likely N-dealkylation sites (tertiary alicyclic amines) is 1. The number of anilines is 2. The summed E-state index contributed by atoms with van der Waals surface area (Å²) in [4.78, 5) is 19.2. The molecular formula is C23H30N4O4S. The highest BCUT2D eigenvalue weighted by atomic mass is 32.2. The second kappa shape index (κ2) is 9.38. The molecule has 2 fully saturated rings. The maximum Gasteiger partial charge on any atom is 0.261 e. The molecule has 0 unspecified atom stereocenters. The summed E-state index contributed by atoms with van der Waals surface area (Å²) in [6.45, 7) is 5.25. The molecular weight excluding hydrogens is 428 g/mol. The van der Waals surface area contributed by atoms with Crippen molar-refractivity contribution in [2.24, 2.45) is 0 Å². The minimum absolute atomic E-state index is 0.0315. The molecule has 1 amide bonds. The molecule has 2 aromatic carbocycles. The van der Waals surface area contributed by atoms with E-state index in [-0.39, 0.29) is 16.4 Å². The maximum absolute atomic E-state index is 13.0. The molecule has 0 radical (unpaired) electrons. The van der Waals surface area contributed by atoms with Gasteiger partial charge < -0.3 is 19.4 Å². The largest absolute Gasteiger partial charge is 0.496 e. The van der Waals surface area contributed by atoms with Gasteiger partial charge in [0.25, 0.3) is 15.9 Å². The van der Waals surface area contributed by atoms with Gasteiger partial charge in [-0.25, -0.2) is 8.42 Å². The minimum atomic E-state index is -3.86. The molecule has 0 saturated carbocycles. The van der Waals surface area contributed by atoms with Gasteiger partial charge in [-0.15, -0.1) is 0 Å². The monoisotopic (exact) mass is 458 g/mol. The Kier molecular flexibility index (Phi) is 6.57. The normalized spacial score (nSPS) is 17.4. The number of carbonyl (C=O) groups excluding carboxylic acids is 1. The lowest BCUT2D eigenvalue weighted by Gasteiger charge is -2.34. The van der Waals surface area contributed by atoms with Gasteiger partial charge in [-0.2, -0.15) is 0 Å². The summed E-state index contributed by atoms with van der Waals surface area (Å²) in [7, 11) is -0.273. The second-order valence-electron chi connectivity index (χ2n) is 8.30. The summed E-state index contributed by atoms with van der Waals surface area (Å²) in [5, 5.41) is 0. The molecule has 172 valence electrons. The van der Waals surface area contributed by atoms with Crippen LogP contribution in [0.2, 0.25) is 0 Å². The van der Waals surface area contributed by atoms with Gasteiger partial charge in [-0.3, -0.25) is 9.52 Å². The SMILES string of the molecule is COc1ccc(S(=O)(=O)Nc2ccc(N3CCN(C)CC3)cc2)cc1C(=O)N1CCCC1. The molecule has 9 heteroatoms. The Balaban J connectivity index is 1.52. The lowest BCUT2D eigenvalue weighted by Crippen LogP contribution is -2.44. The predicted molar refractivity (Wildman–Crippen MR) is 125 cm³/mol. The van der Waals surface area contributed by atoms with Crippen LogP contribution < -0.4 is 14.4 Å². The molecule has 2 aromatic rings. The van der Waals surface area contributed by atoms with Gasteiger partial charge in [-0.1, -0.05) is 0 Å². The van der Waals surface area contributed by atoms with Crippen molar-refractivity contribution in [3.63, 3.8) is 0 Å². The van der Waals surface area contributed by atoms with Crippen LogP contribution >= 0.6 is 0 Å². The van der Waals surface area contributed by atoms with Crippen molar-refractivity contribution in [1.29, 1.82) is 0 Å². The maximum atomic E-state index is 13.0. The highest BCUT2D eigenvalue weighted by molar-refractivity contribution is 7.92. The number of sulfonamides is 1. The Hall–Kier alpha value is -2.78. The van der Waals surface area contributed by atoms with Crippen molar-refractivity contribution >= 4 is 27.3 Å². The van der Waals surface area contributed by atoms with Crippen molar-refractivity contribution in [1.82, 2.24) is 9.80 Å². The molecule has 2 aliphatic heterocycles. The van der Waals surface area contributed by atoms with Crippen molar-refractivity contribution in [3.8, 4) is 5.75 Å². The third kappa shape index (κ3) is 4.83. The number of nitrogens with one attached hydrogen (secondary N) is 1. The van der Waals surface area contributed by atoms with E-state index in [0.717, 1.165) is 44.7 Å². The van der Waals surface area contributed by atoms with Crippen molar-refractivity contribution in [2.45, 2.75) is 17.7 Å². The van der Waals surface area contributed by atoms with E-state index < -0.39 is 10.0 Å². The standard InChI is InChI=1S/C23H30N4O4S/c1-25-13-15-26(16-14-25)19-7-5-18(6-8-19)24-32(29,30)20-9-10-22(31-2)21(17-20)23(28)27-11-3-4-12-27/h5-10,17,24H,3-4,11-16H2,1-2H3. The number of nitrogens with zero attached hydrogens (tertiary/aromatic N) is 3. The molecule has 2 heterocycles. The first kappa shape index (κ1) is 22.4. The number of ether oxygens (including phenoxy) is 1. The van der Waals surface area contributed by atoms with Crippen LogP contribution in [0.15, 0.2) is 47.4 Å². The first-order valence-corrected chi connectivity index (χ1v) is 12.4. The third-order valence-corrected chi connectivity index (χ3v) is 7.47. The summed E-state index contributed by atoms with van der Waals surface area (Å²) in [5.74, 6) is 0.172. The molecule has 0 spiro atoms. The van der Waals surface area contributed by atoms with E-state index in [2.05, 4.69) is 21.6 Å². The fourth-order valence-electron chi connectivity index (χ4n) is 4.13. The number of methoxy groups -OCH3 is 1. The third-order valence-electron chi connectivity index (χ3n) is 6.09. The van der Waals surface area contributed by atoms with E-state index in [1.165, 1.54) is 25.3 Å². The fourth-order valence-corrected chi connectivity index (χ4v) is 5.22. The number of benzene rings is 2. The molecule has 8 nitrogen and oxygen atoms in total. The van der Waals surface area contributed by atoms with E-state index >= 15 is 0 Å². The van der Waals surface area contributed by atoms with E-state index in [1.807, 2.05) is 12.1 Å². The number of hydrogen-bond donors (Lipinski definition) is 1. The summed E-state index contributed by atoms with van der Waals surface area (Å²) in [5.41, 5.74) is 1.82. The molecule has 4 rings (SSSR count). The average molecular weight is 459 g/mol. The Morgan fingerprint density at radius 1 is 0.938 bits per heavy atom. The van der Waals surface area contributed by atoms with E-state index in [4.69, 9.17) is 4.74 Å². The average Bonchev–Trinajstić information content (AvgIpc) is 3.34. The summed E-state index contributed by atoms with van der Waals surface area (Å²) in [6.07, 6.45) is 1.91. The van der Waals surface area contributed by atoms with E-state index in [0.29, 0.717) is 24.5 Å². The molecule has 0 aromatic heterocycles. The molecule has 0 bridgehead atoms. The van der Waals surface area contributed by atoms with Crippen molar-refractivity contribution < 1.29 is 17.9 Å². The molecule has 2 saturated heterocycles. The lowest BCUT2D eigenvalue weighted by molar-refractivity contribution is 0.0789.